The molecule has 0 spiro atoms. The number of aromatic nitrogens is 2. The van der Waals surface area contributed by atoms with Crippen LogP contribution in [0, 0.1) is 0 Å². The summed E-state index contributed by atoms with van der Waals surface area (Å²) in [7, 11) is 1.61. The van der Waals surface area contributed by atoms with Crippen LogP contribution >= 0.6 is 0 Å². The van der Waals surface area contributed by atoms with Gasteiger partial charge in [-0.05, 0) is 12.1 Å². The van der Waals surface area contributed by atoms with Gasteiger partial charge in [0.05, 0.1) is 18.8 Å². The van der Waals surface area contributed by atoms with E-state index in [1.165, 1.54) is 0 Å². The first-order valence-electron chi connectivity index (χ1n) is 3.59. The Balaban J connectivity index is 2.84. The van der Waals surface area contributed by atoms with Crippen molar-refractivity contribution in [2.24, 2.45) is 0 Å². The van der Waals surface area contributed by atoms with Crippen molar-refractivity contribution < 1.29 is 4.74 Å². The van der Waals surface area contributed by atoms with Gasteiger partial charge in [0, 0.05) is 0 Å². The molecule has 4 nitrogen and oxygen atoms in total. The topological polar surface area (TPSA) is 52.5 Å². The van der Waals surface area contributed by atoms with Crippen LogP contribution < -0.4 is 10.5 Å². The predicted molar refractivity (Wildman–Crippen MR) is 46.2 cm³/mol. The van der Waals surface area contributed by atoms with Crippen molar-refractivity contribution in [2.45, 2.75) is 0 Å². The molecule has 0 unspecified atom stereocenters. The summed E-state index contributed by atoms with van der Waals surface area (Å²) in [6.07, 6.45) is 1.71. The van der Waals surface area contributed by atoms with Crippen LogP contribution in [-0.2, 0) is 0 Å². The van der Waals surface area contributed by atoms with E-state index in [9.17, 15) is 0 Å². The van der Waals surface area contributed by atoms with Crippen molar-refractivity contribution in [3.63, 3.8) is 0 Å². The minimum atomic E-state index is 0.447. The monoisotopic (exact) mass is 163 g/mol. The molecule has 0 amide bonds. The third-order valence-electron chi connectivity index (χ3n) is 1.75. The summed E-state index contributed by atoms with van der Waals surface area (Å²) in [5.41, 5.74) is 6.56. The lowest BCUT2D eigenvalue weighted by molar-refractivity contribution is 0.393. The lowest BCUT2D eigenvalue weighted by Crippen LogP contribution is -1.98. The van der Waals surface area contributed by atoms with E-state index in [-0.39, 0.29) is 0 Å². The molecule has 0 aliphatic rings. The van der Waals surface area contributed by atoms with Crippen LogP contribution in [0.4, 0.5) is 5.95 Å². The maximum atomic E-state index is 5.62. The van der Waals surface area contributed by atoms with Crippen LogP contribution in [0.1, 0.15) is 0 Å². The SMILES string of the molecule is COc1cccc2cnc(N)n12. The van der Waals surface area contributed by atoms with Gasteiger partial charge in [-0.3, -0.25) is 0 Å². The lowest BCUT2D eigenvalue weighted by atomic mass is 10.4. The van der Waals surface area contributed by atoms with Gasteiger partial charge in [0.2, 0.25) is 11.8 Å². The van der Waals surface area contributed by atoms with Gasteiger partial charge in [0.25, 0.3) is 0 Å². The molecule has 4 heteroatoms. The van der Waals surface area contributed by atoms with Crippen molar-refractivity contribution in [3.05, 3.63) is 24.4 Å². The van der Waals surface area contributed by atoms with E-state index in [1.54, 1.807) is 17.7 Å². The van der Waals surface area contributed by atoms with E-state index < -0.39 is 0 Å². The highest BCUT2D eigenvalue weighted by Crippen LogP contribution is 2.17. The number of anilines is 1. The summed E-state index contributed by atoms with van der Waals surface area (Å²) in [5, 5.41) is 0. The van der Waals surface area contributed by atoms with Crippen LogP contribution in [0.15, 0.2) is 24.4 Å². The zero-order valence-electron chi connectivity index (χ0n) is 6.69. The highest BCUT2D eigenvalue weighted by molar-refractivity contribution is 5.53. The number of fused-ring (bicyclic) bond motifs is 1. The molecule has 0 bridgehead atoms. The third kappa shape index (κ3) is 0.812. The molecule has 0 aliphatic carbocycles. The third-order valence-corrected chi connectivity index (χ3v) is 1.75. The van der Waals surface area contributed by atoms with Gasteiger partial charge in [-0.15, -0.1) is 0 Å². The fourth-order valence-electron chi connectivity index (χ4n) is 1.20. The van der Waals surface area contributed by atoms with Gasteiger partial charge in [0.1, 0.15) is 0 Å². The number of nitrogen functional groups attached to an aromatic ring is 1. The van der Waals surface area contributed by atoms with Gasteiger partial charge in [-0.2, -0.15) is 0 Å². The van der Waals surface area contributed by atoms with Crippen molar-refractivity contribution >= 4 is 11.5 Å². The average molecular weight is 163 g/mol. The number of methoxy groups -OCH3 is 1. The first-order chi connectivity index (χ1) is 5.83. The molecule has 2 aromatic heterocycles. The number of nitrogens with zero attached hydrogens (tertiary/aromatic N) is 2. The standard InChI is InChI=1S/C8H9N3O/c1-12-7-4-2-3-6-5-10-8(9)11(6)7/h2-5H,1H3,(H2,9,10). The molecular weight excluding hydrogens is 154 g/mol. The van der Waals surface area contributed by atoms with Crippen molar-refractivity contribution in [2.75, 3.05) is 12.8 Å². The van der Waals surface area contributed by atoms with E-state index in [1.807, 2.05) is 18.2 Å². The summed E-state index contributed by atoms with van der Waals surface area (Å²) in [6, 6.07) is 5.66. The smallest absolute Gasteiger partial charge is 0.207 e. The maximum Gasteiger partial charge on any atom is 0.207 e. The normalized spacial score (nSPS) is 10.4. The number of imidazole rings is 1. The Bertz CT molecular complexity index is 408. The highest BCUT2D eigenvalue weighted by Gasteiger charge is 2.02. The molecule has 2 aromatic rings. The summed E-state index contributed by atoms with van der Waals surface area (Å²) in [5.74, 6) is 1.14. The molecule has 0 saturated carbocycles. The number of nitrogens with two attached hydrogens (primary N) is 1. The second-order valence-electron chi connectivity index (χ2n) is 2.44. The van der Waals surface area contributed by atoms with E-state index in [4.69, 9.17) is 10.5 Å². The van der Waals surface area contributed by atoms with E-state index >= 15 is 0 Å². The molecule has 2 heterocycles. The van der Waals surface area contributed by atoms with Crippen molar-refractivity contribution in [3.8, 4) is 5.88 Å². The van der Waals surface area contributed by atoms with Gasteiger partial charge in [-0.25, -0.2) is 9.38 Å². The fraction of sp³-hybridized carbons (Fsp3) is 0.125. The molecule has 2 rings (SSSR count). The van der Waals surface area contributed by atoms with Crippen LogP contribution in [0.3, 0.4) is 0 Å². The summed E-state index contributed by atoms with van der Waals surface area (Å²) < 4.78 is 6.86. The van der Waals surface area contributed by atoms with Gasteiger partial charge < -0.3 is 10.5 Å². The van der Waals surface area contributed by atoms with Gasteiger partial charge in [0.15, 0.2) is 0 Å². The van der Waals surface area contributed by atoms with Crippen LogP contribution in [0.25, 0.3) is 5.52 Å². The molecule has 0 saturated heterocycles. The molecule has 12 heavy (non-hydrogen) atoms. The number of hydrogen-bond acceptors (Lipinski definition) is 3. The second kappa shape index (κ2) is 2.41. The average Bonchev–Trinajstić information content (AvgIpc) is 2.48. The molecular formula is C8H9N3O. The molecule has 0 radical (unpaired) electrons. The predicted octanol–water partition coefficient (Wildman–Crippen LogP) is 0.925. The molecule has 0 fully saturated rings. The van der Waals surface area contributed by atoms with Crippen LogP contribution in [0.5, 0.6) is 5.88 Å². The number of ether oxygens (including phenoxy) is 1. The van der Waals surface area contributed by atoms with E-state index in [0.717, 1.165) is 5.52 Å². The Morgan fingerprint density at radius 3 is 3.08 bits per heavy atom. The highest BCUT2D eigenvalue weighted by atomic mass is 16.5. The molecule has 2 N–H and O–H groups in total. The zero-order chi connectivity index (χ0) is 8.55. The number of hydrogen-bond donors (Lipinski definition) is 1. The quantitative estimate of drug-likeness (QED) is 0.680. The van der Waals surface area contributed by atoms with Gasteiger partial charge in [-0.1, -0.05) is 6.07 Å². The summed E-state index contributed by atoms with van der Waals surface area (Å²) in [6.45, 7) is 0. The Morgan fingerprint density at radius 1 is 1.50 bits per heavy atom. The zero-order valence-corrected chi connectivity index (χ0v) is 6.69. The Kier molecular flexibility index (Phi) is 1.40. The molecule has 62 valence electrons. The van der Waals surface area contributed by atoms with Gasteiger partial charge >= 0.3 is 0 Å². The molecule has 0 aliphatic heterocycles. The van der Waals surface area contributed by atoms with E-state index in [0.29, 0.717) is 11.8 Å². The Hall–Kier alpha value is -1.71. The Morgan fingerprint density at radius 2 is 2.33 bits per heavy atom. The van der Waals surface area contributed by atoms with Crippen molar-refractivity contribution in [1.82, 2.24) is 9.38 Å². The summed E-state index contributed by atoms with van der Waals surface area (Å²) in [4.78, 5) is 3.97. The largest absolute Gasteiger partial charge is 0.482 e. The lowest BCUT2D eigenvalue weighted by Gasteiger charge is -2.03. The van der Waals surface area contributed by atoms with Crippen LogP contribution in [0.2, 0.25) is 0 Å². The number of rotatable bonds is 1. The minimum Gasteiger partial charge on any atom is -0.482 e. The number of pyridine rings is 1. The molecule has 0 aromatic carbocycles. The van der Waals surface area contributed by atoms with E-state index in [2.05, 4.69) is 4.98 Å². The Labute approximate surface area is 69.6 Å². The summed E-state index contributed by atoms with van der Waals surface area (Å²) >= 11 is 0. The first-order valence-corrected chi connectivity index (χ1v) is 3.59. The first kappa shape index (κ1) is 6.97. The van der Waals surface area contributed by atoms with Crippen molar-refractivity contribution in [1.29, 1.82) is 0 Å². The second-order valence-corrected chi connectivity index (χ2v) is 2.44. The molecule has 0 atom stereocenters. The van der Waals surface area contributed by atoms with Crippen LogP contribution in [-0.4, -0.2) is 16.5 Å². The maximum absolute atomic E-state index is 5.62. The fourth-order valence-corrected chi connectivity index (χ4v) is 1.20. The minimum absolute atomic E-state index is 0.447.